The van der Waals surface area contributed by atoms with Crippen molar-refractivity contribution >= 4 is 34.8 Å². The highest BCUT2D eigenvalue weighted by Crippen LogP contribution is 2.26. The molecule has 2 aromatic rings. The van der Waals surface area contributed by atoms with Crippen LogP contribution >= 0.6 is 23.2 Å². The maximum atomic E-state index is 11.9. The molecule has 0 fully saturated rings. The number of nitrogens with one attached hydrogen (secondary N) is 1. The Kier molecular flexibility index (Phi) is 5.50. The molecule has 1 heterocycles. The van der Waals surface area contributed by atoms with E-state index in [9.17, 15) is 4.79 Å². The Morgan fingerprint density at radius 2 is 1.81 bits per heavy atom. The van der Waals surface area contributed by atoms with Gasteiger partial charge in [0.2, 0.25) is 5.91 Å². The van der Waals surface area contributed by atoms with Gasteiger partial charge in [-0.25, -0.2) is 9.97 Å². The number of aromatic nitrogens is 2. The Hall–Kier alpha value is -1.69. The molecule has 110 valence electrons. The topological polar surface area (TPSA) is 80.9 Å². The molecule has 0 spiro atoms. The molecule has 1 aromatic heterocycles. The highest BCUT2D eigenvalue weighted by molar-refractivity contribution is 6.38. The summed E-state index contributed by atoms with van der Waals surface area (Å²) in [4.78, 5) is 19.4. The van der Waals surface area contributed by atoms with Gasteiger partial charge in [-0.1, -0.05) is 53.5 Å². The number of benzene rings is 1. The van der Waals surface area contributed by atoms with E-state index >= 15 is 0 Å². The fraction of sp³-hybridized carbons (Fsp3) is 0.214. The highest BCUT2D eigenvalue weighted by atomic mass is 35.5. The molecule has 2 rings (SSSR count). The number of amides is 1. The van der Waals surface area contributed by atoms with Crippen LogP contribution in [0.15, 0.2) is 36.7 Å². The monoisotopic (exact) mass is 324 g/mol. The maximum absolute atomic E-state index is 11.9. The van der Waals surface area contributed by atoms with E-state index in [1.165, 1.54) is 6.33 Å². The first-order valence-corrected chi connectivity index (χ1v) is 7.10. The Morgan fingerprint density at radius 3 is 2.43 bits per heavy atom. The van der Waals surface area contributed by atoms with E-state index in [0.717, 1.165) is 5.56 Å². The third-order valence-corrected chi connectivity index (χ3v) is 3.50. The lowest BCUT2D eigenvalue weighted by atomic mass is 10.0. The molecular formula is C14H14Cl2N4O. The SMILES string of the molecule is NC(CCC(=O)Nc1c(Cl)ncnc1Cl)c1ccccc1. The molecule has 0 saturated carbocycles. The Labute approximate surface area is 132 Å². The largest absolute Gasteiger partial charge is 0.324 e. The van der Waals surface area contributed by atoms with Gasteiger partial charge in [0.1, 0.15) is 12.0 Å². The van der Waals surface area contributed by atoms with Crippen LogP contribution in [0, 0.1) is 0 Å². The lowest BCUT2D eigenvalue weighted by Crippen LogP contribution is -2.17. The minimum Gasteiger partial charge on any atom is -0.324 e. The molecule has 0 saturated heterocycles. The Bertz CT molecular complexity index is 601. The second-order valence-corrected chi connectivity index (χ2v) is 5.15. The van der Waals surface area contributed by atoms with Gasteiger partial charge in [-0.05, 0) is 12.0 Å². The van der Waals surface area contributed by atoms with Crippen LogP contribution in [0.4, 0.5) is 5.69 Å². The average molecular weight is 325 g/mol. The standard InChI is InChI=1S/C14H14Cl2N4O/c15-13-12(14(16)19-8-18-13)20-11(21)7-6-10(17)9-4-2-1-3-5-9/h1-5,8,10H,6-7,17H2,(H,20,21). The van der Waals surface area contributed by atoms with Crippen molar-refractivity contribution in [1.82, 2.24) is 9.97 Å². The van der Waals surface area contributed by atoms with E-state index in [-0.39, 0.29) is 34.4 Å². The van der Waals surface area contributed by atoms with Crippen molar-refractivity contribution in [3.8, 4) is 0 Å². The van der Waals surface area contributed by atoms with E-state index in [0.29, 0.717) is 6.42 Å². The first kappa shape index (κ1) is 15.7. The highest BCUT2D eigenvalue weighted by Gasteiger charge is 2.13. The minimum atomic E-state index is -0.236. The summed E-state index contributed by atoms with van der Waals surface area (Å²) in [5, 5.41) is 2.82. The Morgan fingerprint density at radius 1 is 1.19 bits per heavy atom. The summed E-state index contributed by atoms with van der Waals surface area (Å²) in [5.41, 5.74) is 7.25. The summed E-state index contributed by atoms with van der Waals surface area (Å²) in [7, 11) is 0. The number of carbonyl (C=O) groups excluding carboxylic acids is 1. The first-order valence-electron chi connectivity index (χ1n) is 6.34. The zero-order valence-corrected chi connectivity index (χ0v) is 12.6. The van der Waals surface area contributed by atoms with Gasteiger partial charge in [0.25, 0.3) is 0 Å². The first-order chi connectivity index (χ1) is 10.1. The second kappa shape index (κ2) is 7.36. The third kappa shape index (κ3) is 4.39. The van der Waals surface area contributed by atoms with E-state index in [1.807, 2.05) is 30.3 Å². The number of hydrogen-bond donors (Lipinski definition) is 2. The van der Waals surface area contributed by atoms with Crippen molar-refractivity contribution in [3.63, 3.8) is 0 Å². The summed E-state index contributed by atoms with van der Waals surface area (Å²) in [6, 6.07) is 9.41. The van der Waals surface area contributed by atoms with Gasteiger partial charge in [0.05, 0.1) is 0 Å². The van der Waals surface area contributed by atoms with Gasteiger partial charge in [-0.3, -0.25) is 4.79 Å². The lowest BCUT2D eigenvalue weighted by Gasteiger charge is -2.12. The van der Waals surface area contributed by atoms with Crippen molar-refractivity contribution in [2.75, 3.05) is 5.32 Å². The van der Waals surface area contributed by atoms with Crippen LogP contribution in [0.25, 0.3) is 0 Å². The molecule has 0 bridgehead atoms. The van der Waals surface area contributed by atoms with Crippen LogP contribution in [-0.4, -0.2) is 15.9 Å². The van der Waals surface area contributed by atoms with E-state index in [2.05, 4.69) is 15.3 Å². The number of carbonyl (C=O) groups is 1. The Balaban J connectivity index is 1.91. The molecular weight excluding hydrogens is 311 g/mol. The summed E-state index contributed by atoms with van der Waals surface area (Å²) in [6.07, 6.45) is 1.99. The van der Waals surface area contributed by atoms with Gasteiger partial charge < -0.3 is 11.1 Å². The number of nitrogens with zero attached hydrogens (tertiary/aromatic N) is 2. The molecule has 21 heavy (non-hydrogen) atoms. The number of halogens is 2. The van der Waals surface area contributed by atoms with Crippen LogP contribution in [0.2, 0.25) is 10.3 Å². The van der Waals surface area contributed by atoms with Gasteiger partial charge >= 0.3 is 0 Å². The number of anilines is 1. The van der Waals surface area contributed by atoms with E-state index in [1.54, 1.807) is 0 Å². The fourth-order valence-electron chi connectivity index (χ4n) is 1.80. The van der Waals surface area contributed by atoms with Crippen molar-refractivity contribution < 1.29 is 4.79 Å². The maximum Gasteiger partial charge on any atom is 0.224 e. The van der Waals surface area contributed by atoms with Crippen molar-refractivity contribution in [2.24, 2.45) is 5.73 Å². The van der Waals surface area contributed by atoms with Gasteiger partial charge in [-0.2, -0.15) is 0 Å². The molecule has 5 nitrogen and oxygen atoms in total. The molecule has 1 unspecified atom stereocenters. The van der Waals surface area contributed by atoms with Crippen molar-refractivity contribution in [3.05, 3.63) is 52.5 Å². The fourth-order valence-corrected chi connectivity index (χ4v) is 2.21. The molecule has 0 aliphatic carbocycles. The van der Waals surface area contributed by atoms with Gasteiger partial charge in [-0.15, -0.1) is 0 Å². The van der Waals surface area contributed by atoms with Gasteiger partial charge in [0, 0.05) is 12.5 Å². The lowest BCUT2D eigenvalue weighted by molar-refractivity contribution is -0.116. The molecule has 1 aromatic carbocycles. The second-order valence-electron chi connectivity index (χ2n) is 4.43. The van der Waals surface area contributed by atoms with E-state index in [4.69, 9.17) is 28.9 Å². The molecule has 0 radical (unpaired) electrons. The zero-order valence-electron chi connectivity index (χ0n) is 11.1. The molecule has 0 aliphatic heterocycles. The molecule has 0 aliphatic rings. The molecule has 1 amide bonds. The predicted octanol–water partition coefficient (Wildman–Crippen LogP) is 3.20. The van der Waals surface area contributed by atoms with Crippen LogP contribution in [0.3, 0.4) is 0 Å². The van der Waals surface area contributed by atoms with Crippen LogP contribution < -0.4 is 11.1 Å². The summed E-state index contributed by atoms with van der Waals surface area (Å²) in [5.74, 6) is -0.236. The predicted molar refractivity (Wildman–Crippen MR) is 83.3 cm³/mol. The summed E-state index contributed by atoms with van der Waals surface area (Å²) in [6.45, 7) is 0. The van der Waals surface area contributed by atoms with Crippen LogP contribution in [0.1, 0.15) is 24.4 Å². The smallest absolute Gasteiger partial charge is 0.224 e. The zero-order chi connectivity index (χ0) is 15.2. The van der Waals surface area contributed by atoms with E-state index < -0.39 is 0 Å². The van der Waals surface area contributed by atoms with Crippen LogP contribution in [-0.2, 0) is 4.79 Å². The van der Waals surface area contributed by atoms with Crippen molar-refractivity contribution in [1.29, 1.82) is 0 Å². The summed E-state index contributed by atoms with van der Waals surface area (Å²) >= 11 is 11.7. The molecule has 3 N–H and O–H groups in total. The quantitative estimate of drug-likeness (QED) is 0.827. The third-order valence-electron chi connectivity index (χ3n) is 2.93. The molecule has 1 atom stereocenters. The average Bonchev–Trinajstić information content (AvgIpc) is 2.49. The molecule has 7 heteroatoms. The summed E-state index contributed by atoms with van der Waals surface area (Å²) < 4.78 is 0. The van der Waals surface area contributed by atoms with Gasteiger partial charge in [0.15, 0.2) is 10.3 Å². The number of hydrogen-bond acceptors (Lipinski definition) is 4. The number of nitrogens with two attached hydrogens (primary N) is 1. The van der Waals surface area contributed by atoms with Crippen LogP contribution in [0.5, 0.6) is 0 Å². The van der Waals surface area contributed by atoms with Crippen molar-refractivity contribution in [2.45, 2.75) is 18.9 Å². The number of rotatable bonds is 5. The minimum absolute atomic E-state index is 0.107. The normalized spacial score (nSPS) is 12.0.